The molecule has 0 spiro atoms. The number of nitrogens with one attached hydrogen (secondary N) is 2. The van der Waals surface area contributed by atoms with Gasteiger partial charge in [0.2, 0.25) is 0 Å². The van der Waals surface area contributed by atoms with Gasteiger partial charge in [0, 0.05) is 11.4 Å². The van der Waals surface area contributed by atoms with Crippen molar-refractivity contribution in [3.05, 3.63) is 83.4 Å². The molecular weight excluding hydrogens is 426 g/mol. The van der Waals surface area contributed by atoms with Crippen molar-refractivity contribution in [3.63, 3.8) is 0 Å². The number of ether oxygens (including phenoxy) is 1. The van der Waals surface area contributed by atoms with Crippen LogP contribution < -0.4 is 14.8 Å². The van der Waals surface area contributed by atoms with Crippen LogP contribution in [0, 0.1) is 25.2 Å². The molecule has 0 atom stereocenters. The molecule has 0 aliphatic rings. The van der Waals surface area contributed by atoms with E-state index in [-0.39, 0.29) is 17.4 Å². The Morgan fingerprint density at radius 1 is 0.969 bits per heavy atom. The van der Waals surface area contributed by atoms with Gasteiger partial charge >= 0.3 is 0 Å². The number of benzene rings is 3. The van der Waals surface area contributed by atoms with E-state index in [0.717, 1.165) is 11.1 Å². The second-order valence-corrected chi connectivity index (χ2v) is 8.95. The first kappa shape index (κ1) is 22.8. The van der Waals surface area contributed by atoms with Gasteiger partial charge in [0.15, 0.2) is 6.61 Å². The minimum absolute atomic E-state index is 0.102. The monoisotopic (exact) mass is 449 g/mol. The van der Waals surface area contributed by atoms with Gasteiger partial charge < -0.3 is 10.1 Å². The Hall–Kier alpha value is -3.83. The highest BCUT2D eigenvalue weighted by molar-refractivity contribution is 7.92. The number of hydrogen-bond donors (Lipinski definition) is 2. The van der Waals surface area contributed by atoms with Gasteiger partial charge in [0.05, 0.1) is 17.4 Å². The van der Waals surface area contributed by atoms with Crippen LogP contribution in [0.4, 0.5) is 11.4 Å². The summed E-state index contributed by atoms with van der Waals surface area (Å²) in [6, 6.07) is 20.6. The molecule has 0 fully saturated rings. The van der Waals surface area contributed by atoms with E-state index in [2.05, 4.69) is 16.1 Å². The number of aryl methyl sites for hydroxylation is 2. The molecule has 0 aromatic heterocycles. The summed E-state index contributed by atoms with van der Waals surface area (Å²) in [5, 5.41) is 11.4. The summed E-state index contributed by atoms with van der Waals surface area (Å²) in [5.41, 5.74) is 3.56. The number of hydrogen-bond acceptors (Lipinski definition) is 5. The van der Waals surface area contributed by atoms with E-state index in [1.807, 2.05) is 19.1 Å². The quantitative estimate of drug-likeness (QED) is 0.536. The maximum absolute atomic E-state index is 12.7. The Labute approximate surface area is 187 Å². The number of rotatable bonds is 8. The lowest BCUT2D eigenvalue weighted by molar-refractivity contribution is -0.118. The molecule has 1 amide bonds. The zero-order valence-electron chi connectivity index (χ0n) is 17.8. The molecule has 0 saturated heterocycles. The minimum atomic E-state index is -3.75. The van der Waals surface area contributed by atoms with E-state index in [4.69, 9.17) is 10.00 Å². The molecule has 3 rings (SSSR count). The Kier molecular flexibility index (Phi) is 7.13. The van der Waals surface area contributed by atoms with Crippen LogP contribution in [0.3, 0.4) is 0 Å². The van der Waals surface area contributed by atoms with Crippen LogP contribution in [0.1, 0.15) is 16.7 Å². The molecule has 7 nitrogen and oxygen atoms in total. The molecule has 32 heavy (non-hydrogen) atoms. The lowest BCUT2D eigenvalue weighted by Gasteiger charge is -2.12. The number of carbonyl (C=O) groups is 1. The molecule has 3 aromatic rings. The normalized spacial score (nSPS) is 10.8. The first-order valence-corrected chi connectivity index (χ1v) is 11.3. The predicted octanol–water partition coefficient (Wildman–Crippen LogP) is 4.19. The minimum Gasteiger partial charge on any atom is -0.483 e. The maximum atomic E-state index is 12.7. The van der Waals surface area contributed by atoms with E-state index in [9.17, 15) is 13.2 Å². The molecule has 0 aliphatic carbocycles. The van der Waals surface area contributed by atoms with Crippen molar-refractivity contribution in [3.8, 4) is 11.8 Å². The van der Waals surface area contributed by atoms with Crippen molar-refractivity contribution in [1.82, 2.24) is 0 Å². The smallest absolute Gasteiger partial charge is 0.262 e. The van der Waals surface area contributed by atoms with E-state index in [1.54, 1.807) is 43.3 Å². The number of amides is 1. The molecule has 8 heteroatoms. The number of nitriles is 1. The second-order valence-electron chi connectivity index (χ2n) is 7.27. The van der Waals surface area contributed by atoms with E-state index in [1.165, 1.54) is 18.2 Å². The fraction of sp³-hybridized carbons (Fsp3) is 0.167. The molecule has 0 saturated carbocycles. The van der Waals surface area contributed by atoms with Gasteiger partial charge in [-0.05, 0) is 67.4 Å². The SMILES string of the molecule is Cc1ccc(NS(=O)(=O)c2ccc(OCC(=O)Nc3ccc(CC#N)cc3)c(C)c2)cc1. The van der Waals surface area contributed by atoms with Crippen LogP contribution in [0.15, 0.2) is 71.6 Å². The number of nitrogens with zero attached hydrogens (tertiary/aromatic N) is 1. The van der Waals surface area contributed by atoms with Gasteiger partial charge in [-0.15, -0.1) is 0 Å². The fourth-order valence-corrected chi connectivity index (χ4v) is 4.07. The molecule has 0 unspecified atom stereocenters. The van der Waals surface area contributed by atoms with E-state index < -0.39 is 10.0 Å². The van der Waals surface area contributed by atoms with Crippen LogP contribution in [0.25, 0.3) is 0 Å². The van der Waals surface area contributed by atoms with E-state index >= 15 is 0 Å². The summed E-state index contributed by atoms with van der Waals surface area (Å²) < 4.78 is 33.4. The molecule has 0 bridgehead atoms. The van der Waals surface area contributed by atoms with Crippen molar-refractivity contribution < 1.29 is 17.9 Å². The maximum Gasteiger partial charge on any atom is 0.262 e. The highest BCUT2D eigenvalue weighted by Gasteiger charge is 2.16. The van der Waals surface area contributed by atoms with Crippen molar-refractivity contribution in [2.45, 2.75) is 25.2 Å². The molecule has 3 aromatic carbocycles. The highest BCUT2D eigenvalue weighted by atomic mass is 32.2. The molecule has 164 valence electrons. The zero-order valence-corrected chi connectivity index (χ0v) is 18.6. The number of carbonyl (C=O) groups excluding carboxylic acids is 1. The third-order valence-corrected chi connectivity index (χ3v) is 6.02. The van der Waals surface area contributed by atoms with Gasteiger partial charge in [-0.1, -0.05) is 29.8 Å². The summed E-state index contributed by atoms with van der Waals surface area (Å²) in [6.45, 7) is 3.41. The van der Waals surface area contributed by atoms with Gasteiger partial charge in [0.1, 0.15) is 5.75 Å². The average Bonchev–Trinajstić information content (AvgIpc) is 2.76. The lowest BCUT2D eigenvalue weighted by atomic mass is 10.1. The first-order valence-electron chi connectivity index (χ1n) is 9.85. The zero-order chi connectivity index (χ0) is 23.1. The van der Waals surface area contributed by atoms with Crippen LogP contribution >= 0.6 is 0 Å². The van der Waals surface area contributed by atoms with Crippen molar-refractivity contribution in [2.75, 3.05) is 16.6 Å². The molecule has 0 radical (unpaired) electrons. The first-order chi connectivity index (χ1) is 15.3. The largest absolute Gasteiger partial charge is 0.483 e. The molecule has 0 heterocycles. The van der Waals surface area contributed by atoms with Crippen LogP contribution in [-0.2, 0) is 21.2 Å². The Morgan fingerprint density at radius 2 is 1.62 bits per heavy atom. The molecular formula is C24H23N3O4S. The van der Waals surface area contributed by atoms with Crippen molar-refractivity contribution in [2.24, 2.45) is 0 Å². The van der Waals surface area contributed by atoms with Crippen molar-refractivity contribution >= 4 is 27.3 Å². The van der Waals surface area contributed by atoms with Crippen molar-refractivity contribution in [1.29, 1.82) is 5.26 Å². The van der Waals surface area contributed by atoms with Gasteiger partial charge in [-0.3, -0.25) is 9.52 Å². The van der Waals surface area contributed by atoms with Crippen LogP contribution in [0.2, 0.25) is 0 Å². The standard InChI is InChI=1S/C24H23N3O4S/c1-17-3-7-21(8-4-17)27-32(29,30)22-11-12-23(18(2)15-22)31-16-24(28)26-20-9-5-19(6-10-20)13-14-25/h3-12,15,27H,13,16H2,1-2H3,(H,26,28). The second kappa shape index (κ2) is 9.98. The summed E-state index contributed by atoms with van der Waals surface area (Å²) in [5.74, 6) is 0.0639. The summed E-state index contributed by atoms with van der Waals surface area (Å²) >= 11 is 0. The summed E-state index contributed by atoms with van der Waals surface area (Å²) in [7, 11) is -3.75. The highest BCUT2D eigenvalue weighted by Crippen LogP contribution is 2.24. The summed E-state index contributed by atoms with van der Waals surface area (Å²) in [4.78, 5) is 12.3. The molecule has 2 N–H and O–H groups in total. The molecule has 0 aliphatic heterocycles. The Morgan fingerprint density at radius 3 is 2.25 bits per heavy atom. The van der Waals surface area contributed by atoms with Gasteiger partial charge in [-0.25, -0.2) is 8.42 Å². The summed E-state index contributed by atoms with van der Waals surface area (Å²) in [6.07, 6.45) is 0.308. The Balaban J connectivity index is 1.60. The van der Waals surface area contributed by atoms with Gasteiger partial charge in [0.25, 0.3) is 15.9 Å². The third-order valence-electron chi connectivity index (χ3n) is 4.64. The number of anilines is 2. The van der Waals surface area contributed by atoms with Crippen LogP contribution in [-0.4, -0.2) is 20.9 Å². The third kappa shape index (κ3) is 6.09. The van der Waals surface area contributed by atoms with Gasteiger partial charge in [-0.2, -0.15) is 5.26 Å². The number of sulfonamides is 1. The lowest BCUT2D eigenvalue weighted by Crippen LogP contribution is -2.20. The average molecular weight is 450 g/mol. The predicted molar refractivity (Wildman–Crippen MR) is 123 cm³/mol. The fourth-order valence-electron chi connectivity index (χ4n) is 2.92. The van der Waals surface area contributed by atoms with E-state index in [0.29, 0.717) is 29.1 Å². The Bertz CT molecular complexity index is 1250. The van der Waals surface area contributed by atoms with Crippen LogP contribution in [0.5, 0.6) is 5.75 Å². The topological polar surface area (TPSA) is 108 Å².